The Morgan fingerprint density at radius 3 is 2.16 bits per heavy atom. The summed E-state index contributed by atoms with van der Waals surface area (Å²) in [6.07, 6.45) is 0.217. The van der Waals surface area contributed by atoms with Crippen molar-refractivity contribution in [2.24, 2.45) is 17.3 Å². The molecule has 0 aromatic carbocycles. The summed E-state index contributed by atoms with van der Waals surface area (Å²) in [7, 11) is 0. The van der Waals surface area contributed by atoms with Gasteiger partial charge in [0.1, 0.15) is 5.92 Å². The molecule has 1 amide bonds. The molecule has 108 valence electrons. The van der Waals surface area contributed by atoms with Crippen LogP contribution in [0, 0.1) is 28.6 Å². The minimum absolute atomic E-state index is 0.217. The second-order valence-electron chi connectivity index (χ2n) is 6.22. The first kappa shape index (κ1) is 17.4. The summed E-state index contributed by atoms with van der Waals surface area (Å²) in [5.41, 5.74) is -0.648. The molecule has 0 spiro atoms. The first-order valence-electron chi connectivity index (χ1n) is 6.49. The van der Waals surface area contributed by atoms with E-state index in [0.717, 1.165) is 0 Å². The molecule has 0 bridgehead atoms. The van der Waals surface area contributed by atoms with Crippen molar-refractivity contribution in [2.75, 3.05) is 13.1 Å². The molecule has 1 N–H and O–H groups in total. The zero-order chi connectivity index (χ0) is 15.2. The van der Waals surface area contributed by atoms with Crippen molar-refractivity contribution < 1.29 is 14.7 Å². The van der Waals surface area contributed by atoms with Crippen molar-refractivity contribution >= 4 is 11.9 Å². The Kier molecular flexibility index (Phi) is 6.54. The van der Waals surface area contributed by atoms with E-state index in [0.29, 0.717) is 6.54 Å². The second-order valence-corrected chi connectivity index (χ2v) is 6.22. The van der Waals surface area contributed by atoms with Crippen molar-refractivity contribution in [3.63, 3.8) is 0 Å². The van der Waals surface area contributed by atoms with E-state index in [-0.39, 0.29) is 18.9 Å². The van der Waals surface area contributed by atoms with E-state index in [2.05, 4.69) is 0 Å². The third-order valence-electron chi connectivity index (χ3n) is 2.75. The molecule has 0 aromatic rings. The molecular formula is C14H24N2O3. The summed E-state index contributed by atoms with van der Waals surface area (Å²) in [6.45, 7) is 9.89. The average Bonchev–Trinajstić information content (AvgIpc) is 2.20. The zero-order valence-electron chi connectivity index (χ0n) is 12.4. The molecule has 0 saturated heterocycles. The Morgan fingerprint density at radius 2 is 1.84 bits per heavy atom. The quantitative estimate of drug-likeness (QED) is 0.748. The maximum absolute atomic E-state index is 12.4. The highest BCUT2D eigenvalue weighted by Crippen LogP contribution is 2.28. The number of carbonyl (C=O) groups is 2. The lowest BCUT2D eigenvalue weighted by molar-refractivity contribution is -0.156. The fraction of sp³-hybridized carbons (Fsp3) is 0.786. The van der Waals surface area contributed by atoms with Crippen molar-refractivity contribution in [2.45, 2.75) is 41.0 Å². The largest absolute Gasteiger partial charge is 0.481 e. The lowest BCUT2D eigenvalue weighted by atomic mass is 9.79. The van der Waals surface area contributed by atoms with Crippen LogP contribution in [0.25, 0.3) is 0 Å². The predicted octanol–water partition coefficient (Wildman–Crippen LogP) is 2.13. The minimum Gasteiger partial charge on any atom is -0.481 e. The Morgan fingerprint density at radius 1 is 1.32 bits per heavy atom. The van der Waals surface area contributed by atoms with Crippen LogP contribution in [0.1, 0.15) is 41.0 Å². The van der Waals surface area contributed by atoms with Crippen molar-refractivity contribution in [3.8, 4) is 6.07 Å². The summed E-state index contributed by atoms with van der Waals surface area (Å²) >= 11 is 0. The minimum atomic E-state index is -1.11. The van der Waals surface area contributed by atoms with E-state index < -0.39 is 23.2 Å². The molecule has 0 saturated carbocycles. The van der Waals surface area contributed by atoms with Crippen LogP contribution < -0.4 is 0 Å². The van der Waals surface area contributed by atoms with E-state index >= 15 is 0 Å². The maximum Gasteiger partial charge on any atom is 0.316 e. The smallest absolute Gasteiger partial charge is 0.316 e. The normalized spacial score (nSPS) is 12.9. The number of hydrogen-bond acceptors (Lipinski definition) is 3. The zero-order valence-corrected chi connectivity index (χ0v) is 12.4. The van der Waals surface area contributed by atoms with E-state index in [1.54, 1.807) is 20.8 Å². The van der Waals surface area contributed by atoms with Gasteiger partial charge in [0.15, 0.2) is 0 Å². The van der Waals surface area contributed by atoms with Gasteiger partial charge in [-0.25, -0.2) is 0 Å². The molecule has 5 nitrogen and oxygen atoms in total. The molecule has 0 rings (SSSR count). The lowest BCUT2D eigenvalue weighted by Crippen LogP contribution is -2.46. The van der Waals surface area contributed by atoms with Crippen molar-refractivity contribution in [1.82, 2.24) is 4.90 Å². The highest BCUT2D eigenvalue weighted by Gasteiger charge is 2.40. The molecule has 0 radical (unpaired) electrons. The van der Waals surface area contributed by atoms with Gasteiger partial charge >= 0.3 is 5.97 Å². The van der Waals surface area contributed by atoms with Gasteiger partial charge in [0.25, 0.3) is 0 Å². The topological polar surface area (TPSA) is 81.4 Å². The number of carboxylic acids is 1. The molecule has 19 heavy (non-hydrogen) atoms. The van der Waals surface area contributed by atoms with Crippen molar-refractivity contribution in [3.05, 3.63) is 0 Å². The molecular weight excluding hydrogens is 244 g/mol. The van der Waals surface area contributed by atoms with Crippen LogP contribution in [-0.2, 0) is 9.59 Å². The number of nitrogens with zero attached hydrogens (tertiary/aromatic N) is 2. The summed E-state index contributed by atoms with van der Waals surface area (Å²) in [6, 6.07) is 1.99. The Labute approximate surface area is 115 Å². The average molecular weight is 268 g/mol. The maximum atomic E-state index is 12.4. The Hall–Kier alpha value is -1.57. The predicted molar refractivity (Wildman–Crippen MR) is 72.2 cm³/mol. The molecule has 1 unspecified atom stereocenters. The molecule has 0 aliphatic rings. The number of rotatable bonds is 6. The van der Waals surface area contributed by atoms with E-state index in [4.69, 9.17) is 5.26 Å². The van der Waals surface area contributed by atoms with Crippen LogP contribution >= 0.6 is 0 Å². The van der Waals surface area contributed by atoms with Gasteiger partial charge in [0.2, 0.25) is 5.91 Å². The van der Waals surface area contributed by atoms with Gasteiger partial charge in [0, 0.05) is 13.1 Å². The van der Waals surface area contributed by atoms with Crippen LogP contribution in [-0.4, -0.2) is 35.0 Å². The summed E-state index contributed by atoms with van der Waals surface area (Å²) in [5, 5.41) is 17.9. The summed E-state index contributed by atoms with van der Waals surface area (Å²) in [4.78, 5) is 25.2. The van der Waals surface area contributed by atoms with Gasteiger partial charge in [-0.2, -0.15) is 5.26 Å². The number of carbonyl (C=O) groups excluding carboxylic acids is 1. The first-order valence-corrected chi connectivity index (χ1v) is 6.49. The van der Waals surface area contributed by atoms with Crippen LogP contribution in [0.3, 0.4) is 0 Å². The molecule has 0 aromatic heterocycles. The SMILES string of the molecule is CC(C)CN(CCC#N)C(=O)C(C(=O)O)C(C)(C)C. The van der Waals surface area contributed by atoms with Gasteiger partial charge in [-0.3, -0.25) is 9.59 Å². The molecule has 0 heterocycles. The van der Waals surface area contributed by atoms with Crippen LogP contribution in [0.5, 0.6) is 0 Å². The standard InChI is InChI=1S/C14H24N2O3/c1-10(2)9-16(8-6-7-15)12(17)11(13(18)19)14(3,4)5/h10-11H,6,8-9H2,1-5H3,(H,18,19). The number of carboxylic acid groups (broad SMARTS) is 1. The van der Waals surface area contributed by atoms with E-state index in [1.165, 1.54) is 4.90 Å². The van der Waals surface area contributed by atoms with Gasteiger partial charge in [-0.1, -0.05) is 34.6 Å². The summed E-state index contributed by atoms with van der Waals surface area (Å²) < 4.78 is 0. The number of nitriles is 1. The highest BCUT2D eigenvalue weighted by atomic mass is 16.4. The highest BCUT2D eigenvalue weighted by molar-refractivity contribution is 5.97. The third-order valence-corrected chi connectivity index (χ3v) is 2.75. The fourth-order valence-corrected chi connectivity index (χ4v) is 1.95. The lowest BCUT2D eigenvalue weighted by Gasteiger charge is -2.32. The molecule has 5 heteroatoms. The Bertz CT molecular complexity index is 364. The van der Waals surface area contributed by atoms with Crippen molar-refractivity contribution in [1.29, 1.82) is 5.26 Å². The first-order chi connectivity index (χ1) is 8.61. The molecule has 0 fully saturated rings. The molecule has 1 atom stereocenters. The monoisotopic (exact) mass is 268 g/mol. The Balaban J connectivity index is 5.13. The third kappa shape index (κ3) is 5.73. The van der Waals surface area contributed by atoms with Crippen LogP contribution in [0.2, 0.25) is 0 Å². The number of aliphatic carboxylic acids is 1. The van der Waals surface area contributed by atoms with E-state index in [1.807, 2.05) is 19.9 Å². The molecule has 0 aliphatic heterocycles. The second kappa shape index (κ2) is 7.13. The van der Waals surface area contributed by atoms with Gasteiger partial charge in [-0.05, 0) is 11.3 Å². The molecule has 0 aliphatic carbocycles. The van der Waals surface area contributed by atoms with Crippen LogP contribution in [0.15, 0.2) is 0 Å². The van der Waals surface area contributed by atoms with Gasteiger partial charge in [-0.15, -0.1) is 0 Å². The number of hydrogen-bond donors (Lipinski definition) is 1. The van der Waals surface area contributed by atoms with Gasteiger partial charge < -0.3 is 10.0 Å². The van der Waals surface area contributed by atoms with Gasteiger partial charge in [0.05, 0.1) is 12.5 Å². The number of amides is 1. The fourth-order valence-electron chi connectivity index (χ4n) is 1.95. The summed E-state index contributed by atoms with van der Waals surface area (Å²) in [5.74, 6) is -2.35. The van der Waals surface area contributed by atoms with Crippen LogP contribution in [0.4, 0.5) is 0 Å². The van der Waals surface area contributed by atoms with E-state index in [9.17, 15) is 14.7 Å².